The first kappa shape index (κ1) is 13.9. The monoisotopic (exact) mass is 270 g/mol. The molecule has 0 unspecified atom stereocenters. The van der Waals surface area contributed by atoms with Crippen molar-refractivity contribution in [2.75, 3.05) is 24.3 Å². The van der Waals surface area contributed by atoms with Gasteiger partial charge in [0.15, 0.2) is 0 Å². The lowest BCUT2D eigenvalue weighted by Gasteiger charge is -2.41. The summed E-state index contributed by atoms with van der Waals surface area (Å²) in [6.07, 6.45) is 3.42. The van der Waals surface area contributed by atoms with Gasteiger partial charge in [-0.25, -0.2) is 21.6 Å². The molecular weight excluding hydrogens is 252 g/mol. The summed E-state index contributed by atoms with van der Waals surface area (Å²) in [7, 11) is -6.81. The molecule has 0 atom stereocenters. The van der Waals surface area contributed by atoms with Crippen molar-refractivity contribution < 1.29 is 16.8 Å². The first-order chi connectivity index (χ1) is 7.18. The Bertz CT molecular complexity index is 431. The molecule has 0 radical (unpaired) electrons. The van der Waals surface area contributed by atoms with Gasteiger partial charge in [-0.05, 0) is 19.3 Å². The number of rotatable bonds is 6. The molecule has 1 fully saturated rings. The van der Waals surface area contributed by atoms with Crippen LogP contribution in [-0.4, -0.2) is 46.7 Å². The fraction of sp³-hybridized carbons (Fsp3) is 1.00. The van der Waals surface area contributed by atoms with E-state index in [9.17, 15) is 16.8 Å². The van der Waals surface area contributed by atoms with Crippen LogP contribution in [0.4, 0.5) is 0 Å². The van der Waals surface area contributed by atoms with Gasteiger partial charge in [-0.1, -0.05) is 0 Å². The summed E-state index contributed by atoms with van der Waals surface area (Å²) in [5.74, 6) is -0.753. The molecule has 0 aromatic heterocycles. The first-order valence-corrected chi connectivity index (χ1v) is 8.79. The lowest BCUT2D eigenvalue weighted by molar-refractivity contribution is 0.231. The third-order valence-electron chi connectivity index (χ3n) is 2.80. The van der Waals surface area contributed by atoms with Gasteiger partial charge in [0.2, 0.25) is 10.0 Å². The quantitative estimate of drug-likeness (QED) is 0.632. The van der Waals surface area contributed by atoms with E-state index in [0.29, 0.717) is 0 Å². The molecule has 1 rings (SSSR count). The van der Waals surface area contributed by atoms with Crippen molar-refractivity contribution in [2.45, 2.75) is 24.8 Å². The van der Waals surface area contributed by atoms with Crippen molar-refractivity contribution in [3.05, 3.63) is 0 Å². The van der Waals surface area contributed by atoms with Crippen LogP contribution in [0.3, 0.4) is 0 Å². The zero-order chi connectivity index (χ0) is 12.4. The van der Waals surface area contributed by atoms with Crippen LogP contribution >= 0.6 is 0 Å². The fourth-order valence-electron chi connectivity index (χ4n) is 1.59. The molecule has 6 nitrogen and oxygen atoms in total. The molecule has 0 amide bonds. The third-order valence-corrected chi connectivity index (χ3v) is 5.49. The van der Waals surface area contributed by atoms with Crippen molar-refractivity contribution in [1.29, 1.82) is 0 Å². The smallest absolute Gasteiger partial charge is 0.213 e. The Labute approximate surface area is 96.6 Å². The van der Waals surface area contributed by atoms with Gasteiger partial charge >= 0.3 is 0 Å². The predicted octanol–water partition coefficient (Wildman–Crippen LogP) is -1.17. The maximum atomic E-state index is 11.6. The fourth-order valence-corrected chi connectivity index (χ4v) is 4.73. The highest BCUT2D eigenvalue weighted by Crippen LogP contribution is 2.31. The van der Waals surface area contributed by atoms with Crippen LogP contribution in [0.15, 0.2) is 0 Å². The van der Waals surface area contributed by atoms with Gasteiger partial charge in [0.1, 0.15) is 9.84 Å². The van der Waals surface area contributed by atoms with Gasteiger partial charge in [0.25, 0.3) is 0 Å². The number of hydrogen-bond donors (Lipinski definition) is 2. The third kappa shape index (κ3) is 4.00. The number of nitrogens with two attached hydrogens (primary N) is 1. The summed E-state index contributed by atoms with van der Waals surface area (Å²) in [5, 5.41) is 0. The molecule has 0 heterocycles. The van der Waals surface area contributed by atoms with E-state index in [1.807, 2.05) is 0 Å². The molecule has 0 spiro atoms. The number of sulfonamides is 1. The van der Waals surface area contributed by atoms with Gasteiger partial charge in [0, 0.05) is 18.3 Å². The normalized spacial score (nSPS) is 20.4. The largest absolute Gasteiger partial charge is 0.329 e. The van der Waals surface area contributed by atoms with E-state index < -0.39 is 31.2 Å². The summed E-state index contributed by atoms with van der Waals surface area (Å²) in [5.41, 5.74) is 4.98. The second-order valence-electron chi connectivity index (χ2n) is 4.39. The molecule has 96 valence electrons. The van der Waals surface area contributed by atoms with Crippen molar-refractivity contribution in [2.24, 2.45) is 5.73 Å². The van der Waals surface area contributed by atoms with Crippen LogP contribution in [0.25, 0.3) is 0 Å². The van der Waals surface area contributed by atoms with Crippen LogP contribution in [0.1, 0.15) is 19.3 Å². The minimum Gasteiger partial charge on any atom is -0.329 e. The average Bonchev–Trinajstić information content (AvgIpc) is 2.08. The molecular formula is C8H18N2O4S2. The van der Waals surface area contributed by atoms with E-state index in [2.05, 4.69) is 4.72 Å². The van der Waals surface area contributed by atoms with Gasteiger partial charge in [0.05, 0.1) is 11.5 Å². The maximum absolute atomic E-state index is 11.6. The van der Waals surface area contributed by atoms with E-state index in [4.69, 9.17) is 5.73 Å². The van der Waals surface area contributed by atoms with Crippen LogP contribution in [0.5, 0.6) is 0 Å². The van der Waals surface area contributed by atoms with Crippen LogP contribution in [0, 0.1) is 0 Å². The molecule has 0 aromatic rings. The Morgan fingerprint density at radius 1 is 1.19 bits per heavy atom. The summed E-state index contributed by atoms with van der Waals surface area (Å²) in [4.78, 5) is 0. The van der Waals surface area contributed by atoms with Crippen LogP contribution in [0.2, 0.25) is 0 Å². The topological polar surface area (TPSA) is 106 Å². The zero-order valence-corrected chi connectivity index (χ0v) is 10.9. The summed E-state index contributed by atoms with van der Waals surface area (Å²) in [6.45, 7) is 0.255. The molecule has 0 aliphatic heterocycles. The lowest BCUT2D eigenvalue weighted by Crippen LogP contribution is -2.58. The van der Waals surface area contributed by atoms with Crippen molar-refractivity contribution in [1.82, 2.24) is 4.72 Å². The summed E-state index contributed by atoms with van der Waals surface area (Å²) >= 11 is 0. The molecule has 1 aliphatic carbocycles. The van der Waals surface area contributed by atoms with Crippen LogP contribution in [-0.2, 0) is 19.9 Å². The zero-order valence-electron chi connectivity index (χ0n) is 9.27. The standard InChI is InChI=1S/C8H18N2O4S2/c1-15(11,12)5-6-16(13,14)10-8(7-9)3-2-4-8/h10H,2-7,9H2,1H3. The molecule has 1 aliphatic rings. The minimum absolute atomic E-state index is 0.255. The number of sulfone groups is 1. The Balaban J connectivity index is 2.58. The summed E-state index contributed by atoms with van der Waals surface area (Å²) < 4.78 is 47.5. The van der Waals surface area contributed by atoms with Gasteiger partial charge < -0.3 is 5.73 Å². The molecule has 0 saturated heterocycles. The second-order valence-corrected chi connectivity index (χ2v) is 8.49. The van der Waals surface area contributed by atoms with Gasteiger partial charge in [-0.3, -0.25) is 0 Å². The average molecular weight is 270 g/mol. The predicted molar refractivity (Wildman–Crippen MR) is 62.3 cm³/mol. The van der Waals surface area contributed by atoms with E-state index in [1.165, 1.54) is 0 Å². The summed E-state index contributed by atoms with van der Waals surface area (Å²) in [6, 6.07) is 0. The Morgan fingerprint density at radius 2 is 1.75 bits per heavy atom. The highest BCUT2D eigenvalue weighted by atomic mass is 32.2. The molecule has 16 heavy (non-hydrogen) atoms. The van der Waals surface area contributed by atoms with E-state index in [-0.39, 0.29) is 12.3 Å². The SMILES string of the molecule is CS(=O)(=O)CCS(=O)(=O)NC1(CN)CCC1. The van der Waals surface area contributed by atoms with Crippen molar-refractivity contribution in [3.8, 4) is 0 Å². The Kier molecular flexibility index (Phi) is 3.99. The van der Waals surface area contributed by atoms with Crippen LogP contribution < -0.4 is 10.5 Å². The molecule has 1 saturated carbocycles. The molecule has 0 bridgehead atoms. The Hall–Kier alpha value is -0.180. The van der Waals surface area contributed by atoms with E-state index in [1.54, 1.807) is 0 Å². The highest BCUT2D eigenvalue weighted by molar-refractivity contribution is 7.93. The molecule has 8 heteroatoms. The van der Waals surface area contributed by atoms with Gasteiger partial charge in [-0.15, -0.1) is 0 Å². The maximum Gasteiger partial charge on any atom is 0.213 e. The van der Waals surface area contributed by atoms with Crippen molar-refractivity contribution >= 4 is 19.9 Å². The van der Waals surface area contributed by atoms with E-state index >= 15 is 0 Å². The lowest BCUT2D eigenvalue weighted by atomic mass is 9.78. The highest BCUT2D eigenvalue weighted by Gasteiger charge is 2.39. The van der Waals surface area contributed by atoms with Gasteiger partial charge in [-0.2, -0.15) is 0 Å². The first-order valence-electron chi connectivity index (χ1n) is 5.08. The number of nitrogens with one attached hydrogen (secondary N) is 1. The minimum atomic E-state index is -3.55. The van der Waals surface area contributed by atoms with Crippen molar-refractivity contribution in [3.63, 3.8) is 0 Å². The molecule has 3 N–H and O–H groups in total. The van der Waals surface area contributed by atoms with E-state index in [0.717, 1.165) is 25.5 Å². The molecule has 0 aromatic carbocycles. The number of hydrogen-bond acceptors (Lipinski definition) is 5. The Morgan fingerprint density at radius 3 is 2.06 bits per heavy atom. The second kappa shape index (κ2) is 4.59.